The Morgan fingerprint density at radius 1 is 1.32 bits per heavy atom. The molecule has 3 rings (SSSR count). The number of methoxy groups -OCH3 is 1. The predicted molar refractivity (Wildman–Crippen MR) is 98.2 cm³/mol. The monoisotopic (exact) mass is 379 g/mol. The summed E-state index contributed by atoms with van der Waals surface area (Å²) in [6, 6.07) is 9.22. The van der Waals surface area contributed by atoms with E-state index in [0.717, 1.165) is 33.1 Å². The van der Waals surface area contributed by atoms with Crippen LogP contribution in [0.4, 0.5) is 0 Å². The first-order valence-electron chi connectivity index (χ1n) is 8.02. The molecule has 25 heavy (non-hydrogen) atoms. The average molecular weight is 380 g/mol. The minimum atomic E-state index is -1.24. The molecule has 1 saturated heterocycles. The van der Waals surface area contributed by atoms with Crippen LogP contribution in [-0.2, 0) is 26.3 Å². The number of rotatable bonds is 5. The zero-order chi connectivity index (χ0) is 17.9. The molecule has 1 fully saturated rings. The molecular formula is C18H21NO4S2. The number of ether oxygens (including phenoxy) is 2. The quantitative estimate of drug-likeness (QED) is 0.371. The molecule has 134 valence electrons. The summed E-state index contributed by atoms with van der Waals surface area (Å²) in [5.74, 6) is 0. The molecule has 1 aliphatic rings. The first kappa shape index (κ1) is 18.4. The SMILES string of the molecule is COC1(c2csc([S+]([O-])c3ccc(/C(C)=N\O)cc3)c2)CCOCC1. The van der Waals surface area contributed by atoms with Crippen LogP contribution in [0, 0.1) is 0 Å². The molecule has 1 aromatic heterocycles. The van der Waals surface area contributed by atoms with Gasteiger partial charge in [0.05, 0.1) is 11.3 Å². The molecular weight excluding hydrogens is 358 g/mol. The molecule has 1 N–H and O–H groups in total. The number of thiophene rings is 1. The van der Waals surface area contributed by atoms with Gasteiger partial charge in [-0.2, -0.15) is 0 Å². The van der Waals surface area contributed by atoms with Crippen LogP contribution in [0.1, 0.15) is 30.9 Å². The Balaban J connectivity index is 1.81. The molecule has 1 aliphatic heterocycles. The van der Waals surface area contributed by atoms with Gasteiger partial charge < -0.3 is 19.2 Å². The Kier molecular flexibility index (Phi) is 5.81. The molecule has 1 unspecified atom stereocenters. The normalized spacial score (nSPS) is 18.9. The van der Waals surface area contributed by atoms with Gasteiger partial charge in [-0.3, -0.25) is 0 Å². The van der Waals surface area contributed by atoms with E-state index in [1.54, 1.807) is 26.2 Å². The molecule has 0 amide bonds. The van der Waals surface area contributed by atoms with Crippen LogP contribution >= 0.6 is 11.3 Å². The number of oxime groups is 1. The van der Waals surface area contributed by atoms with E-state index in [0.29, 0.717) is 18.9 Å². The molecule has 0 spiro atoms. The minimum absolute atomic E-state index is 0.338. The molecule has 2 aromatic rings. The Bertz CT molecular complexity index is 736. The van der Waals surface area contributed by atoms with E-state index < -0.39 is 11.2 Å². The summed E-state index contributed by atoms with van der Waals surface area (Å²) in [5.41, 5.74) is 2.06. The van der Waals surface area contributed by atoms with Crippen molar-refractivity contribution in [1.82, 2.24) is 0 Å². The van der Waals surface area contributed by atoms with Gasteiger partial charge >= 0.3 is 0 Å². The second kappa shape index (κ2) is 7.88. The third kappa shape index (κ3) is 3.75. The van der Waals surface area contributed by atoms with Crippen molar-refractivity contribution < 1.29 is 19.2 Å². The van der Waals surface area contributed by atoms with E-state index in [1.807, 2.05) is 23.6 Å². The van der Waals surface area contributed by atoms with Crippen LogP contribution in [0.5, 0.6) is 0 Å². The highest BCUT2D eigenvalue weighted by Gasteiger charge is 2.36. The molecule has 1 aromatic carbocycles. The van der Waals surface area contributed by atoms with Crippen molar-refractivity contribution in [2.75, 3.05) is 20.3 Å². The van der Waals surface area contributed by atoms with Crippen molar-refractivity contribution in [2.45, 2.75) is 34.5 Å². The Morgan fingerprint density at radius 2 is 2.00 bits per heavy atom. The average Bonchev–Trinajstić information content (AvgIpc) is 3.18. The minimum Gasteiger partial charge on any atom is -0.606 e. The van der Waals surface area contributed by atoms with Crippen molar-refractivity contribution in [3.05, 3.63) is 46.8 Å². The Labute approximate surface area is 154 Å². The number of nitrogens with zero attached hydrogens (tertiary/aromatic N) is 1. The van der Waals surface area contributed by atoms with Crippen molar-refractivity contribution in [1.29, 1.82) is 0 Å². The Hall–Kier alpha value is -1.38. The number of hydrogen-bond donors (Lipinski definition) is 1. The van der Waals surface area contributed by atoms with E-state index in [-0.39, 0.29) is 5.60 Å². The first-order chi connectivity index (χ1) is 12.1. The lowest BCUT2D eigenvalue weighted by Gasteiger charge is -2.35. The lowest BCUT2D eigenvalue weighted by Crippen LogP contribution is -2.35. The second-order valence-corrected chi connectivity index (χ2v) is 8.56. The fourth-order valence-electron chi connectivity index (χ4n) is 2.96. The summed E-state index contributed by atoms with van der Waals surface area (Å²) in [6.45, 7) is 3.07. The van der Waals surface area contributed by atoms with Crippen LogP contribution in [-0.4, -0.2) is 35.8 Å². The lowest BCUT2D eigenvalue weighted by molar-refractivity contribution is -0.0946. The highest BCUT2D eigenvalue weighted by molar-refractivity contribution is 7.93. The highest BCUT2D eigenvalue weighted by atomic mass is 32.2. The van der Waals surface area contributed by atoms with Crippen LogP contribution in [0.2, 0.25) is 0 Å². The smallest absolute Gasteiger partial charge is 0.212 e. The fourth-order valence-corrected chi connectivity index (χ4v) is 5.31. The number of hydrogen-bond acceptors (Lipinski definition) is 6. The zero-order valence-corrected chi connectivity index (χ0v) is 15.9. The van der Waals surface area contributed by atoms with Crippen molar-refractivity contribution in [3.63, 3.8) is 0 Å². The molecule has 0 radical (unpaired) electrons. The van der Waals surface area contributed by atoms with Gasteiger partial charge in [-0.05, 0) is 42.3 Å². The third-order valence-electron chi connectivity index (χ3n) is 4.61. The standard InChI is InChI=1S/C18H21NO4S2/c1-13(19-20)14-3-5-16(6-4-14)25(21)17-11-15(12-24-17)18(22-2)7-9-23-10-8-18/h3-6,11-12,20H,7-10H2,1-2H3/b19-13-. The first-order valence-corrected chi connectivity index (χ1v) is 10.1. The van der Waals surface area contributed by atoms with Gasteiger partial charge in [0.2, 0.25) is 4.21 Å². The van der Waals surface area contributed by atoms with Gasteiger partial charge in [-0.25, -0.2) is 0 Å². The summed E-state index contributed by atoms with van der Waals surface area (Å²) in [5, 5.41) is 14.1. The van der Waals surface area contributed by atoms with E-state index in [2.05, 4.69) is 5.16 Å². The molecule has 0 saturated carbocycles. The molecule has 5 nitrogen and oxygen atoms in total. The van der Waals surface area contributed by atoms with E-state index in [4.69, 9.17) is 14.7 Å². The maximum Gasteiger partial charge on any atom is 0.212 e. The topological polar surface area (TPSA) is 74.1 Å². The summed E-state index contributed by atoms with van der Waals surface area (Å²) in [6.07, 6.45) is 1.61. The van der Waals surface area contributed by atoms with Gasteiger partial charge in [0, 0.05) is 55.8 Å². The van der Waals surface area contributed by atoms with E-state index >= 15 is 0 Å². The molecule has 7 heteroatoms. The van der Waals surface area contributed by atoms with E-state index in [1.165, 1.54) is 11.3 Å². The van der Waals surface area contributed by atoms with Gasteiger partial charge in [0.1, 0.15) is 0 Å². The van der Waals surface area contributed by atoms with Crippen LogP contribution in [0.25, 0.3) is 0 Å². The fraction of sp³-hybridized carbons (Fsp3) is 0.389. The van der Waals surface area contributed by atoms with Crippen molar-refractivity contribution >= 4 is 28.2 Å². The molecule has 2 heterocycles. The highest BCUT2D eigenvalue weighted by Crippen LogP contribution is 2.39. The van der Waals surface area contributed by atoms with Crippen molar-refractivity contribution in [3.8, 4) is 0 Å². The number of benzene rings is 1. The maximum absolute atomic E-state index is 12.9. The van der Waals surface area contributed by atoms with Crippen LogP contribution in [0.3, 0.4) is 0 Å². The van der Waals surface area contributed by atoms with Gasteiger partial charge in [-0.1, -0.05) is 16.5 Å². The Morgan fingerprint density at radius 3 is 2.60 bits per heavy atom. The van der Waals surface area contributed by atoms with Crippen LogP contribution < -0.4 is 0 Å². The summed E-state index contributed by atoms with van der Waals surface area (Å²) in [7, 11) is 1.73. The maximum atomic E-state index is 12.9. The third-order valence-corrected chi connectivity index (χ3v) is 7.26. The van der Waals surface area contributed by atoms with E-state index in [9.17, 15) is 4.55 Å². The van der Waals surface area contributed by atoms with Crippen molar-refractivity contribution in [2.24, 2.45) is 5.16 Å². The van der Waals surface area contributed by atoms with Crippen LogP contribution in [0.15, 0.2) is 50.0 Å². The lowest BCUT2D eigenvalue weighted by atomic mass is 9.88. The molecule has 0 bridgehead atoms. The van der Waals surface area contributed by atoms with Gasteiger partial charge in [-0.15, -0.1) is 0 Å². The largest absolute Gasteiger partial charge is 0.606 e. The molecule has 1 atom stereocenters. The van der Waals surface area contributed by atoms with Gasteiger partial charge in [0.15, 0.2) is 4.90 Å². The zero-order valence-electron chi connectivity index (χ0n) is 14.2. The molecule has 0 aliphatic carbocycles. The van der Waals surface area contributed by atoms with Gasteiger partial charge in [0.25, 0.3) is 0 Å². The second-order valence-electron chi connectivity index (χ2n) is 5.94. The summed E-state index contributed by atoms with van der Waals surface area (Å²) >= 11 is 0.246. The predicted octanol–water partition coefficient (Wildman–Crippen LogP) is 3.77. The summed E-state index contributed by atoms with van der Waals surface area (Å²) < 4.78 is 24.9. The summed E-state index contributed by atoms with van der Waals surface area (Å²) in [4.78, 5) is 0.723.